The van der Waals surface area contributed by atoms with Crippen LogP contribution < -0.4 is 9.47 Å². The maximum Gasteiger partial charge on any atom is 0.166 e. The molecule has 1 aromatic rings. The maximum atomic E-state index is 12.2. The molecule has 0 bridgehead atoms. The van der Waals surface area contributed by atoms with Crippen LogP contribution >= 0.6 is 0 Å². The normalized spacial score (nSPS) is 14.6. The molecule has 0 aliphatic heterocycles. The van der Waals surface area contributed by atoms with Crippen molar-refractivity contribution in [3.63, 3.8) is 0 Å². The summed E-state index contributed by atoms with van der Waals surface area (Å²) >= 11 is 0. The molecule has 0 amide bonds. The fraction of sp³-hybridized carbons (Fsp3) is 0.611. The summed E-state index contributed by atoms with van der Waals surface area (Å²) in [5.74, 6) is 2.78. The van der Waals surface area contributed by atoms with Crippen LogP contribution in [-0.4, -0.2) is 19.0 Å². The van der Waals surface area contributed by atoms with E-state index < -0.39 is 0 Å². The molecule has 0 saturated heterocycles. The molecule has 2 rings (SSSR count). The van der Waals surface area contributed by atoms with Gasteiger partial charge in [-0.3, -0.25) is 4.79 Å². The third kappa shape index (κ3) is 4.76. The number of hydrogen-bond donors (Lipinski definition) is 0. The molecule has 3 nitrogen and oxygen atoms in total. The molecule has 0 spiro atoms. The average molecular weight is 290 g/mol. The lowest BCUT2D eigenvalue weighted by Gasteiger charge is -2.16. The second kappa shape index (κ2) is 6.97. The lowest BCUT2D eigenvalue weighted by Crippen LogP contribution is -2.10. The molecule has 0 radical (unpaired) electrons. The largest absolute Gasteiger partial charge is 0.489 e. The minimum atomic E-state index is 0.227. The van der Waals surface area contributed by atoms with Crippen LogP contribution in [0.15, 0.2) is 18.2 Å². The molecule has 1 saturated carbocycles. The first kappa shape index (κ1) is 15.9. The van der Waals surface area contributed by atoms with Crippen molar-refractivity contribution in [3.8, 4) is 11.5 Å². The van der Waals surface area contributed by atoms with Gasteiger partial charge in [-0.2, -0.15) is 0 Å². The molecule has 0 unspecified atom stereocenters. The summed E-state index contributed by atoms with van der Waals surface area (Å²) < 4.78 is 11.7. The molecular formula is C18H26O3. The molecule has 0 atom stereocenters. The van der Waals surface area contributed by atoms with E-state index in [-0.39, 0.29) is 11.7 Å². The van der Waals surface area contributed by atoms with Crippen LogP contribution in [0, 0.1) is 17.8 Å². The van der Waals surface area contributed by atoms with E-state index >= 15 is 0 Å². The molecule has 0 aromatic heterocycles. The number of rotatable bonds is 8. The van der Waals surface area contributed by atoms with Crippen molar-refractivity contribution in [2.75, 3.05) is 13.2 Å². The van der Waals surface area contributed by atoms with E-state index in [0.29, 0.717) is 30.8 Å². The lowest BCUT2D eigenvalue weighted by atomic mass is 10.1. The Bertz CT molecular complexity index is 487. The smallest absolute Gasteiger partial charge is 0.166 e. The first-order valence-electron chi connectivity index (χ1n) is 7.91. The van der Waals surface area contributed by atoms with Gasteiger partial charge in [-0.1, -0.05) is 27.7 Å². The van der Waals surface area contributed by atoms with Crippen molar-refractivity contribution < 1.29 is 14.3 Å². The lowest BCUT2D eigenvalue weighted by molar-refractivity contribution is 0.0967. The molecule has 0 heterocycles. The molecule has 1 aromatic carbocycles. The second-order valence-corrected chi connectivity index (χ2v) is 6.71. The van der Waals surface area contributed by atoms with Crippen LogP contribution in [0.2, 0.25) is 0 Å². The Kier molecular flexibility index (Phi) is 5.27. The van der Waals surface area contributed by atoms with Crippen molar-refractivity contribution in [3.05, 3.63) is 23.8 Å². The highest BCUT2D eigenvalue weighted by Gasteiger charge is 2.30. The molecule has 3 heteroatoms. The van der Waals surface area contributed by atoms with E-state index in [1.807, 2.05) is 18.2 Å². The van der Waals surface area contributed by atoms with Gasteiger partial charge in [-0.05, 0) is 42.9 Å². The Hall–Kier alpha value is -1.51. The fourth-order valence-corrected chi connectivity index (χ4v) is 1.99. The molecule has 0 N–H and O–H groups in total. The predicted octanol–water partition coefficient (Wildman–Crippen LogP) is 4.35. The van der Waals surface area contributed by atoms with Gasteiger partial charge in [0.05, 0.1) is 13.2 Å². The van der Waals surface area contributed by atoms with Crippen LogP contribution in [0.4, 0.5) is 0 Å². The minimum absolute atomic E-state index is 0.227. The first-order valence-corrected chi connectivity index (χ1v) is 7.91. The van der Waals surface area contributed by atoms with E-state index in [1.54, 1.807) is 0 Å². The van der Waals surface area contributed by atoms with Crippen LogP contribution in [0.1, 0.15) is 50.9 Å². The Morgan fingerprint density at radius 2 is 1.62 bits per heavy atom. The second-order valence-electron chi connectivity index (χ2n) is 6.71. The number of benzene rings is 1. The Morgan fingerprint density at radius 3 is 2.14 bits per heavy atom. The van der Waals surface area contributed by atoms with E-state index in [4.69, 9.17) is 9.47 Å². The summed E-state index contributed by atoms with van der Waals surface area (Å²) in [7, 11) is 0. The zero-order valence-electron chi connectivity index (χ0n) is 13.5. The Morgan fingerprint density at radius 1 is 1.05 bits per heavy atom. The SMILES string of the molecule is CC(C)COc1ccc(C(=O)C2CC2)cc1OCC(C)C. The van der Waals surface area contributed by atoms with Crippen LogP contribution in [-0.2, 0) is 0 Å². The van der Waals surface area contributed by atoms with Crippen molar-refractivity contribution in [2.45, 2.75) is 40.5 Å². The third-order valence-electron chi connectivity index (χ3n) is 3.32. The summed E-state index contributed by atoms with van der Waals surface area (Å²) in [5, 5.41) is 0. The predicted molar refractivity (Wildman–Crippen MR) is 84.2 cm³/mol. The fourth-order valence-electron chi connectivity index (χ4n) is 1.99. The van der Waals surface area contributed by atoms with Crippen LogP contribution in [0.3, 0.4) is 0 Å². The Balaban J connectivity index is 2.15. The Labute approximate surface area is 127 Å². The third-order valence-corrected chi connectivity index (χ3v) is 3.32. The number of ether oxygens (including phenoxy) is 2. The minimum Gasteiger partial charge on any atom is -0.489 e. The highest BCUT2D eigenvalue weighted by atomic mass is 16.5. The van der Waals surface area contributed by atoms with Crippen LogP contribution in [0.25, 0.3) is 0 Å². The van der Waals surface area contributed by atoms with E-state index in [1.165, 1.54) is 0 Å². The summed E-state index contributed by atoms with van der Waals surface area (Å²) in [6, 6.07) is 5.57. The molecule has 1 aliphatic rings. The first-order chi connectivity index (χ1) is 9.97. The molecule has 21 heavy (non-hydrogen) atoms. The summed E-state index contributed by atoms with van der Waals surface area (Å²) in [6.45, 7) is 9.70. The van der Waals surface area contributed by atoms with Gasteiger partial charge >= 0.3 is 0 Å². The topological polar surface area (TPSA) is 35.5 Å². The zero-order valence-corrected chi connectivity index (χ0v) is 13.5. The van der Waals surface area contributed by atoms with Crippen LogP contribution in [0.5, 0.6) is 11.5 Å². The van der Waals surface area contributed by atoms with Gasteiger partial charge in [0.2, 0.25) is 0 Å². The molecule has 1 fully saturated rings. The highest BCUT2D eigenvalue weighted by Crippen LogP contribution is 2.35. The summed E-state index contributed by atoms with van der Waals surface area (Å²) in [6.07, 6.45) is 2.04. The van der Waals surface area contributed by atoms with E-state index in [2.05, 4.69) is 27.7 Å². The standard InChI is InChI=1S/C18H26O3/c1-12(2)10-20-16-8-7-15(18(19)14-5-6-14)9-17(16)21-11-13(3)4/h7-9,12-14H,5-6,10-11H2,1-4H3. The summed E-state index contributed by atoms with van der Waals surface area (Å²) in [4.78, 5) is 12.2. The molecule has 116 valence electrons. The quantitative estimate of drug-likeness (QED) is 0.668. The zero-order chi connectivity index (χ0) is 15.4. The van der Waals surface area contributed by atoms with E-state index in [9.17, 15) is 4.79 Å². The van der Waals surface area contributed by atoms with Gasteiger partial charge in [0.25, 0.3) is 0 Å². The van der Waals surface area contributed by atoms with Crippen molar-refractivity contribution >= 4 is 5.78 Å². The number of carbonyl (C=O) groups is 1. The maximum absolute atomic E-state index is 12.2. The monoisotopic (exact) mass is 290 g/mol. The van der Waals surface area contributed by atoms with E-state index in [0.717, 1.165) is 24.2 Å². The number of Topliss-reactive ketones (excluding diaryl/α,β-unsaturated/α-hetero) is 1. The highest BCUT2D eigenvalue weighted by molar-refractivity contribution is 5.99. The van der Waals surface area contributed by atoms with Gasteiger partial charge in [-0.15, -0.1) is 0 Å². The van der Waals surface area contributed by atoms with Crippen molar-refractivity contribution in [2.24, 2.45) is 17.8 Å². The van der Waals surface area contributed by atoms with Crippen molar-refractivity contribution in [1.29, 1.82) is 0 Å². The van der Waals surface area contributed by atoms with Gasteiger partial charge in [0.1, 0.15) is 0 Å². The van der Waals surface area contributed by atoms with Gasteiger partial charge < -0.3 is 9.47 Å². The van der Waals surface area contributed by atoms with Gasteiger partial charge in [0, 0.05) is 11.5 Å². The number of carbonyl (C=O) groups excluding carboxylic acids is 1. The van der Waals surface area contributed by atoms with Crippen molar-refractivity contribution in [1.82, 2.24) is 0 Å². The molecule has 1 aliphatic carbocycles. The number of hydrogen-bond acceptors (Lipinski definition) is 3. The van der Waals surface area contributed by atoms with Gasteiger partial charge in [0.15, 0.2) is 17.3 Å². The van der Waals surface area contributed by atoms with Gasteiger partial charge in [-0.25, -0.2) is 0 Å². The summed E-state index contributed by atoms with van der Waals surface area (Å²) in [5.41, 5.74) is 0.744. The molecular weight excluding hydrogens is 264 g/mol. The average Bonchev–Trinajstić information content (AvgIpc) is 3.26. The number of ketones is 1.